The summed E-state index contributed by atoms with van der Waals surface area (Å²) in [5.74, 6) is -2.05. The summed E-state index contributed by atoms with van der Waals surface area (Å²) < 4.78 is 21.8. The number of carbonyl (C=O) groups is 2. The molecule has 0 bridgehead atoms. The van der Waals surface area contributed by atoms with Gasteiger partial charge < -0.3 is 10.4 Å². The minimum Gasteiger partial charge on any atom is -0.480 e. The lowest BCUT2D eigenvalue weighted by molar-refractivity contribution is -0.139. The predicted molar refractivity (Wildman–Crippen MR) is 145 cm³/mol. The highest BCUT2D eigenvalue weighted by atomic mass is 35.5. The number of aliphatic carboxylic acids is 1. The van der Waals surface area contributed by atoms with Crippen LogP contribution in [-0.4, -0.2) is 36.4 Å². The van der Waals surface area contributed by atoms with Crippen LogP contribution < -0.4 is 5.32 Å². The van der Waals surface area contributed by atoms with Crippen LogP contribution in [0.5, 0.6) is 0 Å². The average molecular weight is 535 g/mol. The van der Waals surface area contributed by atoms with Crippen molar-refractivity contribution in [3.8, 4) is 0 Å². The second-order valence-electron chi connectivity index (χ2n) is 8.38. The first-order valence-corrected chi connectivity index (χ1v) is 13.1. The molecule has 9 heteroatoms. The number of hydrogen-bond donors (Lipinski definition) is 3. The van der Waals surface area contributed by atoms with Crippen LogP contribution in [0, 0.1) is 0 Å². The lowest BCUT2D eigenvalue weighted by Gasteiger charge is -2.16. The van der Waals surface area contributed by atoms with Crippen molar-refractivity contribution in [1.82, 2.24) is 10.3 Å². The van der Waals surface area contributed by atoms with Gasteiger partial charge in [-0.25, -0.2) is 18.2 Å². The maximum atomic E-state index is 12.7. The van der Waals surface area contributed by atoms with Crippen LogP contribution in [0.25, 0.3) is 23.1 Å². The van der Waals surface area contributed by atoms with E-state index in [1.54, 1.807) is 6.07 Å². The van der Waals surface area contributed by atoms with Gasteiger partial charge in [0.1, 0.15) is 16.7 Å². The van der Waals surface area contributed by atoms with Crippen molar-refractivity contribution < 1.29 is 23.1 Å². The van der Waals surface area contributed by atoms with Crippen molar-refractivity contribution in [1.29, 1.82) is 0 Å². The van der Waals surface area contributed by atoms with Gasteiger partial charge in [-0.2, -0.15) is 0 Å². The van der Waals surface area contributed by atoms with Gasteiger partial charge in [-0.15, -0.1) is 0 Å². The topological polar surface area (TPSA) is 113 Å². The molecule has 1 aromatic heterocycles. The van der Waals surface area contributed by atoms with Crippen molar-refractivity contribution in [3.05, 3.63) is 112 Å². The average Bonchev–Trinajstić information content (AvgIpc) is 2.87. The number of amides is 1. The maximum absolute atomic E-state index is 12.7. The summed E-state index contributed by atoms with van der Waals surface area (Å²) in [4.78, 5) is 29.3. The minimum absolute atomic E-state index is 0.0462. The summed E-state index contributed by atoms with van der Waals surface area (Å²) in [7, 11) is -2.64. The molecule has 0 fully saturated rings. The first-order valence-electron chi connectivity index (χ1n) is 11.4. The fourth-order valence-corrected chi connectivity index (χ4v) is 4.60. The number of carboxylic acid groups (broad SMARTS) is 1. The molecule has 0 aliphatic heterocycles. The second-order valence-corrected chi connectivity index (χ2v) is 9.77. The van der Waals surface area contributed by atoms with E-state index < -0.39 is 28.6 Å². The molecule has 188 valence electrons. The zero-order chi connectivity index (χ0) is 26.4. The lowest BCUT2D eigenvalue weighted by Crippen LogP contribution is -2.42. The van der Waals surface area contributed by atoms with Gasteiger partial charge in [0.05, 0.1) is 27.5 Å². The number of hydrogen-bond acceptors (Lipinski definition) is 5. The van der Waals surface area contributed by atoms with Gasteiger partial charge in [-0.1, -0.05) is 66.2 Å². The third-order valence-corrected chi connectivity index (χ3v) is 6.59. The molecule has 37 heavy (non-hydrogen) atoms. The molecule has 1 amide bonds. The number of thiol groups is 1. The highest BCUT2D eigenvalue weighted by Crippen LogP contribution is 2.20. The predicted octanol–water partition coefficient (Wildman–Crippen LogP) is 4.60. The number of carboxylic acids is 1. The number of aromatic nitrogens is 1. The molecular formula is C28H23ClN2O5S. The number of nitrogens with zero attached hydrogens (tertiary/aromatic N) is 1. The van der Waals surface area contributed by atoms with Crippen LogP contribution in [0.1, 0.15) is 32.7 Å². The molecule has 0 saturated heterocycles. The van der Waals surface area contributed by atoms with E-state index in [0.29, 0.717) is 5.56 Å². The molecule has 0 aliphatic rings. The summed E-state index contributed by atoms with van der Waals surface area (Å²) >= 11 is 6.15. The normalized spacial score (nSPS) is 12.2. The van der Waals surface area contributed by atoms with E-state index in [-0.39, 0.29) is 22.8 Å². The van der Waals surface area contributed by atoms with Crippen LogP contribution in [0.4, 0.5) is 0 Å². The van der Waals surface area contributed by atoms with E-state index in [2.05, 4.69) is 10.3 Å². The van der Waals surface area contributed by atoms with Crippen LogP contribution in [-0.2, 0) is 27.7 Å². The van der Waals surface area contributed by atoms with E-state index in [1.807, 2.05) is 66.7 Å². The first-order chi connectivity index (χ1) is 17.8. The summed E-state index contributed by atoms with van der Waals surface area (Å²) in [5.41, 5.74) is 3.85. The monoisotopic (exact) mass is 534 g/mol. The van der Waals surface area contributed by atoms with Gasteiger partial charge in [0.2, 0.25) is 0 Å². The highest BCUT2D eigenvalue weighted by Gasteiger charge is 2.22. The van der Waals surface area contributed by atoms with Gasteiger partial charge in [0.25, 0.3) is 5.91 Å². The van der Waals surface area contributed by atoms with Crippen molar-refractivity contribution in [2.24, 2.45) is 0 Å². The van der Waals surface area contributed by atoms with Crippen molar-refractivity contribution in [2.45, 2.75) is 18.2 Å². The van der Waals surface area contributed by atoms with E-state index >= 15 is 0 Å². The Labute approximate surface area is 220 Å². The standard InChI is InChI=1S/C28H23ClN2O5S/c29-24-15-20(17-37(35)36)7-12-23(24)27(32)31-26(28(33)34)16-19-8-13-25-21(14-19)9-11-22(30-25)10-6-18-4-2-1-3-5-18/h1-15,26,37H,16-17H2,(H,31,32)(H,33,34). The summed E-state index contributed by atoms with van der Waals surface area (Å²) in [6.45, 7) is 0. The molecular weight excluding hydrogens is 512 g/mol. The molecule has 4 aromatic rings. The Morgan fingerprint density at radius 2 is 1.70 bits per heavy atom. The first kappa shape index (κ1) is 26.1. The number of carbonyl (C=O) groups excluding carboxylic acids is 1. The third-order valence-electron chi connectivity index (χ3n) is 5.65. The SMILES string of the molecule is O=C(NC(Cc1ccc2nc(C=Cc3ccccc3)ccc2c1)C(=O)O)c1ccc(C[SH](=O)=O)cc1Cl. The minimum atomic E-state index is -2.64. The Balaban J connectivity index is 1.47. The molecule has 0 spiro atoms. The number of halogens is 1. The molecule has 4 rings (SSSR count). The Morgan fingerprint density at radius 3 is 2.41 bits per heavy atom. The third kappa shape index (κ3) is 7.03. The van der Waals surface area contributed by atoms with E-state index in [1.165, 1.54) is 18.2 Å². The number of nitrogens with one attached hydrogen (secondary N) is 1. The van der Waals surface area contributed by atoms with Gasteiger partial charge in [0.15, 0.2) is 0 Å². The number of benzene rings is 3. The largest absolute Gasteiger partial charge is 0.480 e. The van der Waals surface area contributed by atoms with Crippen LogP contribution in [0.2, 0.25) is 5.02 Å². The van der Waals surface area contributed by atoms with Gasteiger partial charge in [-0.3, -0.25) is 4.79 Å². The molecule has 1 heterocycles. The maximum Gasteiger partial charge on any atom is 0.326 e. The number of pyridine rings is 1. The molecule has 2 N–H and O–H groups in total. The number of fused-ring (bicyclic) bond motifs is 1. The summed E-state index contributed by atoms with van der Waals surface area (Å²) in [6.07, 6.45) is 3.96. The summed E-state index contributed by atoms with van der Waals surface area (Å²) in [6, 6.07) is 22.2. The molecule has 1 unspecified atom stereocenters. The fraction of sp³-hybridized carbons (Fsp3) is 0.107. The Bertz CT molecular complexity index is 1560. The van der Waals surface area contributed by atoms with Crippen molar-refractivity contribution in [3.63, 3.8) is 0 Å². The van der Waals surface area contributed by atoms with Crippen molar-refractivity contribution in [2.75, 3.05) is 0 Å². The van der Waals surface area contributed by atoms with Gasteiger partial charge in [-0.05, 0) is 53.1 Å². The lowest BCUT2D eigenvalue weighted by atomic mass is 10.0. The highest BCUT2D eigenvalue weighted by molar-refractivity contribution is 7.71. The zero-order valence-electron chi connectivity index (χ0n) is 19.5. The molecule has 1 atom stereocenters. The Kier molecular flexibility index (Phi) is 8.32. The smallest absolute Gasteiger partial charge is 0.326 e. The Hall–Kier alpha value is -4.01. The molecule has 0 radical (unpaired) electrons. The van der Waals surface area contributed by atoms with Crippen LogP contribution >= 0.6 is 11.6 Å². The van der Waals surface area contributed by atoms with E-state index in [9.17, 15) is 23.1 Å². The van der Waals surface area contributed by atoms with E-state index in [0.717, 1.165) is 27.7 Å². The molecule has 3 aromatic carbocycles. The van der Waals surface area contributed by atoms with Gasteiger partial charge in [0, 0.05) is 11.8 Å². The van der Waals surface area contributed by atoms with Crippen LogP contribution in [0.15, 0.2) is 78.9 Å². The molecule has 0 saturated carbocycles. The van der Waals surface area contributed by atoms with Gasteiger partial charge >= 0.3 is 5.97 Å². The molecule has 7 nitrogen and oxygen atoms in total. The van der Waals surface area contributed by atoms with Crippen LogP contribution in [0.3, 0.4) is 0 Å². The second kappa shape index (κ2) is 11.8. The Morgan fingerprint density at radius 1 is 0.946 bits per heavy atom. The zero-order valence-corrected chi connectivity index (χ0v) is 21.2. The fourth-order valence-electron chi connectivity index (χ4n) is 3.82. The van der Waals surface area contributed by atoms with E-state index in [4.69, 9.17) is 11.6 Å². The quantitative estimate of drug-likeness (QED) is 0.271. The molecule has 0 aliphatic carbocycles. The van der Waals surface area contributed by atoms with Crippen molar-refractivity contribution >= 4 is 57.2 Å². The summed E-state index contributed by atoms with van der Waals surface area (Å²) in [5, 5.41) is 13.1. The number of rotatable bonds is 9.